The zero-order valence-corrected chi connectivity index (χ0v) is 14.8. The Morgan fingerprint density at radius 1 is 1.32 bits per heavy atom. The average molecular weight is 349 g/mol. The van der Waals surface area contributed by atoms with Crippen molar-refractivity contribution in [1.82, 2.24) is 0 Å². The van der Waals surface area contributed by atoms with Crippen LogP contribution in [0.2, 0.25) is 0 Å². The van der Waals surface area contributed by atoms with Crippen LogP contribution >= 0.6 is 0 Å². The summed E-state index contributed by atoms with van der Waals surface area (Å²) in [5, 5.41) is 12.0. The van der Waals surface area contributed by atoms with Gasteiger partial charge in [0.2, 0.25) is 5.91 Å². The van der Waals surface area contributed by atoms with Crippen LogP contribution in [0.25, 0.3) is 0 Å². The number of nitrogens with zero attached hydrogens (tertiary/aromatic N) is 2. The number of hydrogen-bond donors (Lipinski definition) is 2. The Morgan fingerprint density at radius 3 is 2.56 bits per heavy atom. The lowest BCUT2D eigenvalue weighted by Gasteiger charge is -2.40. The van der Waals surface area contributed by atoms with E-state index in [4.69, 9.17) is 0 Å². The van der Waals surface area contributed by atoms with Gasteiger partial charge in [0.15, 0.2) is 0 Å². The van der Waals surface area contributed by atoms with Gasteiger partial charge in [0, 0.05) is 18.7 Å². The number of fused-ring (bicyclic) bond motifs is 1. The summed E-state index contributed by atoms with van der Waals surface area (Å²) in [7, 11) is 1.25. The van der Waals surface area contributed by atoms with Gasteiger partial charge in [-0.1, -0.05) is 13.8 Å². The maximum Gasteiger partial charge on any atom is 0.411 e. The molecule has 0 saturated carbocycles. The summed E-state index contributed by atoms with van der Waals surface area (Å²) < 4.78 is 4.57. The van der Waals surface area contributed by atoms with Gasteiger partial charge in [-0.05, 0) is 31.0 Å². The summed E-state index contributed by atoms with van der Waals surface area (Å²) >= 11 is 0. The second kappa shape index (κ2) is 7.42. The summed E-state index contributed by atoms with van der Waals surface area (Å²) in [6, 6.07) is 4.43. The van der Waals surface area contributed by atoms with Crippen LogP contribution in [-0.4, -0.2) is 42.9 Å². The molecular weight excluding hydrogens is 326 g/mol. The van der Waals surface area contributed by atoms with Crippen molar-refractivity contribution >= 4 is 35.2 Å². The molecule has 2 rings (SSSR count). The number of carboxylic acid groups (broad SMARTS) is 1. The molecule has 1 aromatic rings. The van der Waals surface area contributed by atoms with E-state index in [1.165, 1.54) is 12.0 Å². The van der Waals surface area contributed by atoms with Crippen LogP contribution in [0, 0.1) is 5.92 Å². The molecule has 0 aromatic heterocycles. The molecule has 0 fully saturated rings. The molecule has 1 heterocycles. The van der Waals surface area contributed by atoms with Crippen molar-refractivity contribution in [2.45, 2.75) is 33.2 Å². The first-order valence-corrected chi connectivity index (χ1v) is 8.06. The van der Waals surface area contributed by atoms with E-state index in [0.29, 0.717) is 23.5 Å². The number of rotatable bonds is 3. The SMILES string of the molecule is COC(=O)Nc1ccc2c(c1)N(C(=O)CC(C)C)C(C)CN2C(=O)O. The van der Waals surface area contributed by atoms with Gasteiger partial charge < -0.3 is 14.7 Å². The Kier molecular flexibility index (Phi) is 5.51. The molecule has 2 N–H and O–H groups in total. The van der Waals surface area contributed by atoms with Crippen LogP contribution in [0.1, 0.15) is 27.2 Å². The molecule has 1 aliphatic heterocycles. The summed E-state index contributed by atoms with van der Waals surface area (Å²) in [4.78, 5) is 38.5. The first-order chi connectivity index (χ1) is 11.7. The van der Waals surface area contributed by atoms with Gasteiger partial charge in [0.05, 0.1) is 24.5 Å². The highest BCUT2D eigenvalue weighted by Gasteiger charge is 2.35. The van der Waals surface area contributed by atoms with Crippen LogP contribution in [0.4, 0.5) is 26.7 Å². The highest BCUT2D eigenvalue weighted by atomic mass is 16.5. The highest BCUT2D eigenvalue weighted by Crippen LogP contribution is 2.38. The molecule has 0 saturated heterocycles. The summed E-state index contributed by atoms with van der Waals surface area (Å²) in [6.45, 7) is 5.89. The predicted octanol–water partition coefficient (Wildman–Crippen LogP) is 3.13. The number of benzene rings is 1. The molecule has 0 radical (unpaired) electrons. The van der Waals surface area contributed by atoms with E-state index in [1.807, 2.05) is 13.8 Å². The molecule has 3 amide bonds. The van der Waals surface area contributed by atoms with Crippen LogP contribution in [0.5, 0.6) is 0 Å². The minimum atomic E-state index is -1.09. The zero-order valence-electron chi connectivity index (χ0n) is 14.8. The molecule has 1 unspecified atom stereocenters. The fourth-order valence-corrected chi connectivity index (χ4v) is 2.88. The predicted molar refractivity (Wildman–Crippen MR) is 94.2 cm³/mol. The molecule has 8 nitrogen and oxygen atoms in total. The molecular formula is C17H23N3O5. The molecule has 1 atom stereocenters. The van der Waals surface area contributed by atoms with Gasteiger partial charge >= 0.3 is 12.2 Å². The van der Waals surface area contributed by atoms with Crippen LogP contribution in [0.3, 0.4) is 0 Å². The Morgan fingerprint density at radius 2 is 2.00 bits per heavy atom. The first-order valence-electron chi connectivity index (χ1n) is 8.06. The minimum Gasteiger partial charge on any atom is -0.465 e. The monoisotopic (exact) mass is 349 g/mol. The normalized spacial score (nSPS) is 16.4. The molecule has 0 spiro atoms. The maximum absolute atomic E-state index is 12.7. The van der Waals surface area contributed by atoms with Crippen molar-refractivity contribution < 1.29 is 24.2 Å². The van der Waals surface area contributed by atoms with E-state index < -0.39 is 12.2 Å². The summed E-state index contributed by atoms with van der Waals surface area (Å²) in [5.74, 6) is 0.0982. The molecule has 136 valence electrons. The number of methoxy groups -OCH3 is 1. The standard InChI is InChI=1S/C17H23N3O5/c1-10(2)7-15(21)20-11(3)9-19(17(23)24)13-6-5-12(8-14(13)20)18-16(22)25-4/h5-6,8,10-11H,7,9H2,1-4H3,(H,18,22)(H,23,24). The number of carbonyl (C=O) groups excluding carboxylic acids is 2. The largest absolute Gasteiger partial charge is 0.465 e. The minimum absolute atomic E-state index is 0.0796. The third-order valence-electron chi connectivity index (χ3n) is 3.93. The zero-order chi connectivity index (χ0) is 18.7. The fourth-order valence-electron chi connectivity index (χ4n) is 2.88. The Labute approximate surface area is 146 Å². The fraction of sp³-hybridized carbons (Fsp3) is 0.471. The first kappa shape index (κ1) is 18.6. The number of amides is 3. The number of carbonyl (C=O) groups is 3. The van der Waals surface area contributed by atoms with Crippen molar-refractivity contribution in [2.75, 3.05) is 28.8 Å². The van der Waals surface area contributed by atoms with E-state index in [1.54, 1.807) is 30.0 Å². The quantitative estimate of drug-likeness (QED) is 0.873. The number of nitrogens with one attached hydrogen (secondary N) is 1. The Bertz CT molecular complexity index is 689. The van der Waals surface area contributed by atoms with Gasteiger partial charge in [-0.2, -0.15) is 0 Å². The third kappa shape index (κ3) is 4.01. The lowest BCUT2D eigenvalue weighted by atomic mass is 10.0. The molecule has 1 aliphatic rings. The summed E-state index contributed by atoms with van der Waals surface area (Å²) in [5.41, 5.74) is 1.30. The second-order valence-corrected chi connectivity index (χ2v) is 6.42. The van der Waals surface area contributed by atoms with Crippen molar-refractivity contribution in [3.05, 3.63) is 18.2 Å². The maximum atomic E-state index is 12.7. The number of hydrogen-bond acceptors (Lipinski definition) is 4. The van der Waals surface area contributed by atoms with Crippen molar-refractivity contribution in [3.63, 3.8) is 0 Å². The molecule has 1 aromatic carbocycles. The van der Waals surface area contributed by atoms with Gasteiger partial charge in [0.25, 0.3) is 0 Å². The van der Waals surface area contributed by atoms with Gasteiger partial charge in [-0.3, -0.25) is 15.0 Å². The Balaban J connectivity index is 2.48. The van der Waals surface area contributed by atoms with Crippen molar-refractivity contribution in [3.8, 4) is 0 Å². The smallest absolute Gasteiger partial charge is 0.411 e. The molecule has 25 heavy (non-hydrogen) atoms. The van der Waals surface area contributed by atoms with E-state index in [2.05, 4.69) is 10.1 Å². The highest BCUT2D eigenvalue weighted by molar-refractivity contribution is 6.04. The van der Waals surface area contributed by atoms with Crippen molar-refractivity contribution in [1.29, 1.82) is 0 Å². The lowest BCUT2D eigenvalue weighted by Crippen LogP contribution is -2.52. The lowest BCUT2D eigenvalue weighted by molar-refractivity contribution is -0.119. The number of ether oxygens (including phenoxy) is 1. The van der Waals surface area contributed by atoms with E-state index in [-0.39, 0.29) is 24.4 Å². The second-order valence-electron chi connectivity index (χ2n) is 6.42. The van der Waals surface area contributed by atoms with E-state index >= 15 is 0 Å². The topological polar surface area (TPSA) is 99.2 Å². The van der Waals surface area contributed by atoms with Crippen LogP contribution < -0.4 is 15.1 Å². The van der Waals surface area contributed by atoms with Crippen LogP contribution in [-0.2, 0) is 9.53 Å². The van der Waals surface area contributed by atoms with E-state index in [0.717, 1.165) is 0 Å². The van der Waals surface area contributed by atoms with Gasteiger partial charge in [0.1, 0.15) is 0 Å². The van der Waals surface area contributed by atoms with Crippen molar-refractivity contribution in [2.24, 2.45) is 5.92 Å². The molecule has 0 bridgehead atoms. The third-order valence-corrected chi connectivity index (χ3v) is 3.93. The molecule has 8 heteroatoms. The van der Waals surface area contributed by atoms with Gasteiger partial charge in [-0.25, -0.2) is 9.59 Å². The Hall–Kier alpha value is -2.77. The van der Waals surface area contributed by atoms with Crippen LogP contribution in [0.15, 0.2) is 18.2 Å². The molecule has 0 aliphatic carbocycles. The number of anilines is 3. The van der Waals surface area contributed by atoms with Gasteiger partial charge in [-0.15, -0.1) is 0 Å². The van der Waals surface area contributed by atoms with E-state index in [9.17, 15) is 19.5 Å². The average Bonchev–Trinajstić information content (AvgIpc) is 2.52. The summed E-state index contributed by atoms with van der Waals surface area (Å²) in [6.07, 6.45) is -1.37.